The van der Waals surface area contributed by atoms with Gasteiger partial charge in [-0.05, 0) is 57.7 Å². The van der Waals surface area contributed by atoms with Gasteiger partial charge in [0, 0.05) is 31.9 Å². The fourth-order valence-electron chi connectivity index (χ4n) is 4.07. The molecular formula is C33H33N2+. The third kappa shape index (κ3) is 6.04. The second kappa shape index (κ2) is 11.3. The van der Waals surface area contributed by atoms with E-state index in [1.807, 2.05) is 0 Å². The van der Waals surface area contributed by atoms with Crippen LogP contribution in [0.3, 0.4) is 0 Å². The minimum Gasteiger partial charge on any atom is -0.378 e. The zero-order valence-electron chi connectivity index (χ0n) is 21.0. The highest BCUT2D eigenvalue weighted by Gasteiger charge is 2.09. The molecule has 2 nitrogen and oxygen atoms in total. The van der Waals surface area contributed by atoms with E-state index in [2.05, 4.69) is 165 Å². The highest BCUT2D eigenvalue weighted by Crippen LogP contribution is 2.27. The lowest BCUT2D eigenvalue weighted by Gasteiger charge is -2.14. The molecule has 0 amide bonds. The van der Waals surface area contributed by atoms with Crippen LogP contribution in [0, 0.1) is 0 Å². The summed E-state index contributed by atoms with van der Waals surface area (Å²) in [5.74, 6) is 0. The lowest BCUT2D eigenvalue weighted by Crippen LogP contribution is -2.09. The van der Waals surface area contributed by atoms with Gasteiger partial charge in [-0.1, -0.05) is 91.0 Å². The molecule has 0 aliphatic heterocycles. The summed E-state index contributed by atoms with van der Waals surface area (Å²) in [5, 5.41) is 0. The summed E-state index contributed by atoms with van der Waals surface area (Å²) in [6, 6.07) is 29.9. The fraction of sp³-hybridized carbons (Fsp3) is 0.121. The van der Waals surface area contributed by atoms with Gasteiger partial charge in [0.15, 0.2) is 5.71 Å². The molecular weight excluding hydrogens is 424 g/mol. The number of rotatable bonds is 6. The minimum absolute atomic E-state index is 1.19. The molecule has 0 saturated heterocycles. The van der Waals surface area contributed by atoms with E-state index in [-0.39, 0.29) is 0 Å². The van der Waals surface area contributed by atoms with Crippen molar-refractivity contribution >= 4 is 22.5 Å². The van der Waals surface area contributed by atoms with Gasteiger partial charge in [0.2, 0.25) is 0 Å². The molecule has 0 heterocycles. The average molecular weight is 458 g/mol. The first-order valence-electron chi connectivity index (χ1n) is 11.9. The molecule has 3 aromatic rings. The van der Waals surface area contributed by atoms with E-state index in [1.165, 1.54) is 44.8 Å². The third-order valence-electron chi connectivity index (χ3n) is 6.08. The Bertz CT molecular complexity index is 1310. The quantitative estimate of drug-likeness (QED) is 0.284. The Morgan fingerprint density at radius 1 is 0.657 bits per heavy atom. The van der Waals surface area contributed by atoms with Gasteiger partial charge in [-0.2, -0.15) is 0 Å². The van der Waals surface area contributed by atoms with Gasteiger partial charge in [0.05, 0.1) is 0 Å². The molecule has 0 bridgehead atoms. The lowest BCUT2D eigenvalue weighted by atomic mass is 9.94. The van der Waals surface area contributed by atoms with E-state index >= 15 is 0 Å². The Morgan fingerprint density at radius 2 is 1.20 bits per heavy atom. The van der Waals surface area contributed by atoms with Crippen molar-refractivity contribution in [2.24, 2.45) is 0 Å². The molecule has 4 rings (SSSR count). The van der Waals surface area contributed by atoms with Crippen LogP contribution in [0.2, 0.25) is 0 Å². The summed E-state index contributed by atoms with van der Waals surface area (Å²) >= 11 is 0. The van der Waals surface area contributed by atoms with Crippen LogP contribution in [0.25, 0.3) is 11.1 Å². The number of hydrogen-bond donors (Lipinski definition) is 0. The normalized spacial score (nSPS) is 13.4. The second-order valence-corrected chi connectivity index (χ2v) is 8.97. The largest absolute Gasteiger partial charge is 0.378 e. The van der Waals surface area contributed by atoms with Crippen molar-refractivity contribution in [3.63, 3.8) is 0 Å². The SMILES string of the molecule is CN(C)c1ccc(/C(=C\C=C\C(=C2C=CC(=[N+](C)C)C=C2)c2ccccc2)c2ccccc2)cc1. The summed E-state index contributed by atoms with van der Waals surface area (Å²) < 4.78 is 2.12. The Labute approximate surface area is 209 Å². The highest BCUT2D eigenvalue weighted by atomic mass is 15.1. The molecule has 0 N–H and O–H groups in total. The molecule has 0 radical (unpaired) electrons. The van der Waals surface area contributed by atoms with Crippen LogP contribution < -0.4 is 4.90 Å². The van der Waals surface area contributed by atoms with E-state index in [9.17, 15) is 0 Å². The maximum atomic E-state index is 2.22. The molecule has 0 saturated carbocycles. The molecule has 174 valence electrons. The molecule has 0 atom stereocenters. The minimum atomic E-state index is 1.19. The molecule has 2 heteroatoms. The maximum Gasteiger partial charge on any atom is 0.199 e. The van der Waals surface area contributed by atoms with Gasteiger partial charge >= 0.3 is 0 Å². The van der Waals surface area contributed by atoms with E-state index in [0.717, 1.165) is 0 Å². The van der Waals surface area contributed by atoms with Crippen molar-refractivity contribution in [2.75, 3.05) is 33.1 Å². The Kier molecular flexibility index (Phi) is 7.74. The molecule has 0 spiro atoms. The predicted octanol–water partition coefficient (Wildman–Crippen LogP) is 7.03. The lowest BCUT2D eigenvalue weighted by molar-refractivity contribution is -0.462. The summed E-state index contributed by atoms with van der Waals surface area (Å²) in [6.45, 7) is 0. The van der Waals surface area contributed by atoms with E-state index in [4.69, 9.17) is 0 Å². The second-order valence-electron chi connectivity index (χ2n) is 8.97. The van der Waals surface area contributed by atoms with Crippen LogP contribution in [-0.2, 0) is 0 Å². The van der Waals surface area contributed by atoms with Crippen LogP contribution in [0.5, 0.6) is 0 Å². The van der Waals surface area contributed by atoms with E-state index < -0.39 is 0 Å². The number of anilines is 1. The molecule has 0 fully saturated rings. The molecule has 0 aromatic heterocycles. The Hall–Kier alpha value is -4.17. The van der Waals surface area contributed by atoms with Crippen molar-refractivity contribution < 1.29 is 4.58 Å². The van der Waals surface area contributed by atoms with Crippen molar-refractivity contribution in [3.8, 4) is 0 Å². The van der Waals surface area contributed by atoms with Crippen LogP contribution in [0.4, 0.5) is 5.69 Å². The van der Waals surface area contributed by atoms with E-state index in [1.54, 1.807) is 0 Å². The van der Waals surface area contributed by atoms with Gasteiger partial charge < -0.3 is 4.90 Å². The standard InChI is InChI=1S/C33H33N2/c1-34(2)30-22-18-28(19-23-30)32(26-12-7-5-8-13-26)16-11-17-33(27-14-9-6-10-15-27)29-20-24-31(25-21-29)35(3)4/h5-25H,1-4H3/q+1. The number of hydrogen-bond acceptors (Lipinski definition) is 1. The summed E-state index contributed by atoms with van der Waals surface area (Å²) in [6.07, 6.45) is 15.3. The molecule has 1 aliphatic rings. The zero-order valence-corrected chi connectivity index (χ0v) is 21.0. The summed E-state index contributed by atoms with van der Waals surface area (Å²) in [7, 11) is 8.27. The molecule has 1 aliphatic carbocycles. The van der Waals surface area contributed by atoms with Gasteiger partial charge in [0.1, 0.15) is 14.1 Å². The van der Waals surface area contributed by atoms with Gasteiger partial charge in [-0.25, -0.2) is 4.58 Å². The number of allylic oxidation sites excluding steroid dienone is 9. The molecule has 35 heavy (non-hydrogen) atoms. The fourth-order valence-corrected chi connectivity index (χ4v) is 4.07. The average Bonchev–Trinajstić information content (AvgIpc) is 2.90. The molecule has 0 unspecified atom stereocenters. The smallest absolute Gasteiger partial charge is 0.199 e. The Morgan fingerprint density at radius 3 is 1.74 bits per heavy atom. The highest BCUT2D eigenvalue weighted by molar-refractivity contribution is 6.03. The van der Waals surface area contributed by atoms with Crippen LogP contribution in [-0.4, -0.2) is 38.5 Å². The number of nitrogens with zero attached hydrogens (tertiary/aromatic N) is 2. The number of benzene rings is 3. The van der Waals surface area contributed by atoms with Crippen LogP contribution in [0.15, 0.2) is 133 Å². The van der Waals surface area contributed by atoms with Gasteiger partial charge in [-0.3, -0.25) is 0 Å². The van der Waals surface area contributed by atoms with Crippen LogP contribution >= 0.6 is 0 Å². The Balaban J connectivity index is 1.76. The van der Waals surface area contributed by atoms with E-state index in [0.29, 0.717) is 0 Å². The van der Waals surface area contributed by atoms with Gasteiger partial charge in [0.25, 0.3) is 0 Å². The first kappa shape index (κ1) is 24.0. The monoisotopic (exact) mass is 457 g/mol. The van der Waals surface area contributed by atoms with Crippen molar-refractivity contribution in [2.45, 2.75) is 0 Å². The first-order chi connectivity index (χ1) is 17.0. The summed E-state index contributed by atoms with van der Waals surface area (Å²) in [5.41, 5.74) is 9.57. The molecule has 3 aromatic carbocycles. The first-order valence-corrected chi connectivity index (χ1v) is 11.9. The van der Waals surface area contributed by atoms with Crippen molar-refractivity contribution in [3.05, 3.63) is 150 Å². The van der Waals surface area contributed by atoms with Crippen molar-refractivity contribution in [1.82, 2.24) is 0 Å². The zero-order chi connectivity index (χ0) is 24.6. The third-order valence-corrected chi connectivity index (χ3v) is 6.08. The van der Waals surface area contributed by atoms with Crippen molar-refractivity contribution in [1.29, 1.82) is 0 Å². The topological polar surface area (TPSA) is 6.25 Å². The maximum absolute atomic E-state index is 2.22. The summed E-state index contributed by atoms with van der Waals surface area (Å²) in [4.78, 5) is 2.12. The van der Waals surface area contributed by atoms with Crippen LogP contribution in [0.1, 0.15) is 16.7 Å². The van der Waals surface area contributed by atoms with Gasteiger partial charge in [-0.15, -0.1) is 0 Å². The predicted molar refractivity (Wildman–Crippen MR) is 152 cm³/mol.